The van der Waals surface area contributed by atoms with E-state index in [-0.39, 0.29) is 5.91 Å². The molecular formula is C25H23N3O3. The summed E-state index contributed by atoms with van der Waals surface area (Å²) in [6.45, 7) is 0.559. The van der Waals surface area contributed by atoms with Crippen LogP contribution in [-0.2, 0) is 11.3 Å². The van der Waals surface area contributed by atoms with Gasteiger partial charge in [0.15, 0.2) is 11.5 Å². The first kappa shape index (κ1) is 20.2. The highest BCUT2D eigenvalue weighted by molar-refractivity contribution is 6.01. The van der Waals surface area contributed by atoms with Crippen molar-refractivity contribution in [2.24, 2.45) is 0 Å². The second-order valence-corrected chi connectivity index (χ2v) is 6.95. The molecule has 3 aromatic carbocycles. The molecular weight excluding hydrogens is 390 g/mol. The van der Waals surface area contributed by atoms with E-state index in [1.165, 1.54) is 16.8 Å². The Kier molecular flexibility index (Phi) is 5.98. The molecule has 1 amide bonds. The quantitative estimate of drug-likeness (QED) is 0.444. The maximum Gasteiger partial charge on any atom is 0.249 e. The van der Waals surface area contributed by atoms with Gasteiger partial charge < -0.3 is 14.8 Å². The molecule has 0 radical (unpaired) electrons. The Morgan fingerprint density at radius 1 is 1.00 bits per heavy atom. The summed E-state index contributed by atoms with van der Waals surface area (Å²) >= 11 is 0. The molecule has 0 saturated heterocycles. The highest BCUT2D eigenvalue weighted by atomic mass is 16.5. The number of rotatable bonds is 7. The third kappa shape index (κ3) is 4.59. The Bertz CT molecular complexity index is 1240. The Hall–Kier alpha value is -4.06. The number of carbonyl (C=O) groups is 1. The van der Waals surface area contributed by atoms with Crippen molar-refractivity contribution in [2.45, 2.75) is 6.54 Å². The van der Waals surface area contributed by atoms with Gasteiger partial charge in [0.2, 0.25) is 5.91 Å². The molecule has 1 aromatic heterocycles. The minimum atomic E-state index is -0.241. The highest BCUT2D eigenvalue weighted by Gasteiger charge is 2.08. The molecule has 0 aliphatic rings. The van der Waals surface area contributed by atoms with Crippen LogP contribution >= 0.6 is 0 Å². The summed E-state index contributed by atoms with van der Waals surface area (Å²) in [6.07, 6.45) is 4.89. The molecule has 6 heteroatoms. The van der Waals surface area contributed by atoms with E-state index in [1.54, 1.807) is 43.3 Å². The Morgan fingerprint density at radius 3 is 2.65 bits per heavy atom. The number of carbonyl (C=O) groups excluding carboxylic acids is 1. The molecule has 0 spiro atoms. The lowest BCUT2D eigenvalue weighted by Crippen LogP contribution is -2.14. The van der Waals surface area contributed by atoms with Crippen LogP contribution in [0.25, 0.3) is 16.8 Å². The van der Waals surface area contributed by atoms with Crippen molar-refractivity contribution < 1.29 is 14.3 Å². The fraction of sp³-hybridized carbons (Fsp3) is 0.120. The largest absolute Gasteiger partial charge is 0.493 e. The zero-order chi connectivity index (χ0) is 21.6. The molecule has 1 heterocycles. The summed E-state index contributed by atoms with van der Waals surface area (Å²) < 4.78 is 12.3. The van der Waals surface area contributed by atoms with Crippen LogP contribution in [0.1, 0.15) is 11.1 Å². The first-order chi connectivity index (χ1) is 15.2. The zero-order valence-electron chi connectivity index (χ0n) is 17.4. The highest BCUT2D eigenvalue weighted by Crippen LogP contribution is 2.28. The predicted octanol–water partition coefficient (Wildman–Crippen LogP) is 4.75. The van der Waals surface area contributed by atoms with Crippen molar-refractivity contribution in [3.05, 3.63) is 90.1 Å². The molecule has 0 bridgehead atoms. The fourth-order valence-electron chi connectivity index (χ4n) is 3.45. The molecule has 31 heavy (non-hydrogen) atoms. The number of anilines is 1. The van der Waals surface area contributed by atoms with Crippen LogP contribution in [0, 0.1) is 0 Å². The second kappa shape index (κ2) is 9.17. The summed E-state index contributed by atoms with van der Waals surface area (Å²) in [7, 11) is 3.16. The number of benzene rings is 3. The van der Waals surface area contributed by atoms with Crippen LogP contribution in [0.5, 0.6) is 11.5 Å². The van der Waals surface area contributed by atoms with Gasteiger partial charge >= 0.3 is 0 Å². The van der Waals surface area contributed by atoms with Crippen LogP contribution in [0.15, 0.2) is 79.0 Å². The second-order valence-electron chi connectivity index (χ2n) is 6.95. The van der Waals surface area contributed by atoms with Crippen molar-refractivity contribution in [1.29, 1.82) is 0 Å². The van der Waals surface area contributed by atoms with Gasteiger partial charge in [0.05, 0.1) is 27.0 Å². The molecule has 0 atom stereocenters. The van der Waals surface area contributed by atoms with Gasteiger partial charge in [0.1, 0.15) is 5.82 Å². The third-order valence-corrected chi connectivity index (χ3v) is 5.00. The number of hydrogen-bond donors (Lipinski definition) is 1. The topological polar surface area (TPSA) is 65.4 Å². The molecule has 4 aromatic rings. The molecule has 0 fully saturated rings. The number of nitrogens with zero attached hydrogens (tertiary/aromatic N) is 2. The Balaban J connectivity index is 1.48. The Labute approximate surface area is 180 Å². The maximum absolute atomic E-state index is 12.5. The summed E-state index contributed by atoms with van der Waals surface area (Å²) in [5.74, 6) is 1.64. The fourth-order valence-corrected chi connectivity index (χ4v) is 3.45. The van der Waals surface area contributed by atoms with Crippen molar-refractivity contribution in [3.8, 4) is 11.5 Å². The van der Waals surface area contributed by atoms with Crippen molar-refractivity contribution in [2.75, 3.05) is 19.5 Å². The van der Waals surface area contributed by atoms with E-state index in [1.807, 2.05) is 30.3 Å². The maximum atomic E-state index is 12.5. The average molecular weight is 413 g/mol. The van der Waals surface area contributed by atoms with Crippen LogP contribution < -0.4 is 14.8 Å². The number of amides is 1. The third-order valence-electron chi connectivity index (χ3n) is 5.00. The van der Waals surface area contributed by atoms with E-state index in [4.69, 9.17) is 9.47 Å². The molecule has 1 N–H and O–H groups in total. The van der Waals surface area contributed by atoms with Gasteiger partial charge in [-0.25, -0.2) is 4.68 Å². The minimum Gasteiger partial charge on any atom is -0.493 e. The van der Waals surface area contributed by atoms with Crippen molar-refractivity contribution in [3.63, 3.8) is 0 Å². The van der Waals surface area contributed by atoms with E-state index in [2.05, 4.69) is 34.7 Å². The zero-order valence-corrected chi connectivity index (χ0v) is 17.4. The summed E-state index contributed by atoms with van der Waals surface area (Å²) in [5, 5.41) is 9.63. The van der Waals surface area contributed by atoms with Crippen LogP contribution in [0.3, 0.4) is 0 Å². The molecule has 0 saturated carbocycles. The number of hydrogen-bond acceptors (Lipinski definition) is 4. The lowest BCUT2D eigenvalue weighted by molar-refractivity contribution is -0.111. The van der Waals surface area contributed by atoms with Crippen LogP contribution in [0.4, 0.5) is 5.82 Å². The SMILES string of the molecule is COc1ccc(C=CC(=O)Nc2ccnn2Cc2cccc3ccccc23)cc1OC. The minimum absolute atomic E-state index is 0.241. The number of aromatic nitrogens is 2. The first-order valence-electron chi connectivity index (χ1n) is 9.87. The standard InChI is InChI=1S/C25H23N3O3/c1-30-22-12-10-18(16-23(22)31-2)11-13-25(29)27-24-14-15-26-28(24)17-20-8-5-7-19-6-3-4-9-21(19)20/h3-16H,17H2,1-2H3,(H,27,29). The van der Waals surface area contributed by atoms with Crippen LogP contribution in [0.2, 0.25) is 0 Å². The molecule has 4 rings (SSSR count). The molecule has 0 unspecified atom stereocenters. The van der Waals surface area contributed by atoms with Gasteiger partial charge in [-0.15, -0.1) is 0 Å². The molecule has 6 nitrogen and oxygen atoms in total. The van der Waals surface area contributed by atoms with Gasteiger partial charge in [-0.3, -0.25) is 4.79 Å². The lowest BCUT2D eigenvalue weighted by Gasteiger charge is -2.10. The number of methoxy groups -OCH3 is 2. The number of fused-ring (bicyclic) bond motifs is 1. The van der Waals surface area contributed by atoms with E-state index >= 15 is 0 Å². The first-order valence-corrected chi connectivity index (χ1v) is 9.87. The molecule has 0 aliphatic heterocycles. The van der Waals surface area contributed by atoms with Gasteiger partial charge in [-0.1, -0.05) is 48.5 Å². The van der Waals surface area contributed by atoms with E-state index in [0.29, 0.717) is 23.9 Å². The van der Waals surface area contributed by atoms with Gasteiger partial charge in [0, 0.05) is 12.1 Å². The van der Waals surface area contributed by atoms with Gasteiger partial charge in [-0.05, 0) is 40.1 Å². The van der Waals surface area contributed by atoms with Gasteiger partial charge in [-0.2, -0.15) is 5.10 Å². The summed E-state index contributed by atoms with van der Waals surface area (Å²) in [6, 6.07) is 21.7. The van der Waals surface area contributed by atoms with Crippen molar-refractivity contribution >= 4 is 28.6 Å². The summed E-state index contributed by atoms with van der Waals surface area (Å²) in [5.41, 5.74) is 1.97. The predicted molar refractivity (Wildman–Crippen MR) is 122 cm³/mol. The smallest absolute Gasteiger partial charge is 0.249 e. The number of nitrogens with one attached hydrogen (secondary N) is 1. The molecule has 0 aliphatic carbocycles. The monoisotopic (exact) mass is 413 g/mol. The van der Waals surface area contributed by atoms with Crippen molar-refractivity contribution in [1.82, 2.24) is 9.78 Å². The van der Waals surface area contributed by atoms with Gasteiger partial charge in [0.25, 0.3) is 0 Å². The average Bonchev–Trinajstić information content (AvgIpc) is 3.24. The van der Waals surface area contributed by atoms with E-state index < -0.39 is 0 Å². The lowest BCUT2D eigenvalue weighted by atomic mass is 10.0. The van der Waals surface area contributed by atoms with Crippen LogP contribution in [-0.4, -0.2) is 29.9 Å². The number of ether oxygens (including phenoxy) is 2. The van der Waals surface area contributed by atoms with E-state index in [9.17, 15) is 4.79 Å². The Morgan fingerprint density at radius 2 is 1.81 bits per heavy atom. The normalized spacial score (nSPS) is 11.0. The summed E-state index contributed by atoms with van der Waals surface area (Å²) in [4.78, 5) is 12.5. The van der Waals surface area contributed by atoms with E-state index in [0.717, 1.165) is 11.1 Å². The molecule has 156 valence electrons.